The highest BCUT2D eigenvalue weighted by atomic mass is 32.1. The molecule has 0 bridgehead atoms. The SMILES string of the molecule is CC1CCCN(Cc2cc(=O)n3c(-c4ccccc4)csc3n2)C1. The van der Waals surface area contributed by atoms with Gasteiger partial charge in [-0.25, -0.2) is 4.98 Å². The van der Waals surface area contributed by atoms with Gasteiger partial charge in [-0.3, -0.25) is 14.1 Å². The fraction of sp³-hybridized carbons (Fsp3) is 0.368. The second-order valence-electron chi connectivity index (χ2n) is 6.67. The number of fused-ring (bicyclic) bond motifs is 1. The van der Waals surface area contributed by atoms with Gasteiger partial charge in [-0.1, -0.05) is 37.3 Å². The molecule has 0 spiro atoms. The van der Waals surface area contributed by atoms with Crippen LogP contribution in [0.5, 0.6) is 0 Å². The first-order chi connectivity index (χ1) is 11.7. The third-order valence-electron chi connectivity index (χ3n) is 4.65. The molecule has 4 nitrogen and oxygen atoms in total. The topological polar surface area (TPSA) is 37.6 Å². The van der Waals surface area contributed by atoms with Crippen LogP contribution in [0.2, 0.25) is 0 Å². The summed E-state index contributed by atoms with van der Waals surface area (Å²) in [6.45, 7) is 5.27. The zero-order valence-electron chi connectivity index (χ0n) is 13.8. The molecule has 2 aromatic heterocycles. The van der Waals surface area contributed by atoms with Crippen molar-refractivity contribution in [3.8, 4) is 11.3 Å². The van der Waals surface area contributed by atoms with E-state index in [1.54, 1.807) is 10.5 Å². The Morgan fingerprint density at radius 2 is 2.12 bits per heavy atom. The molecule has 1 aromatic carbocycles. The van der Waals surface area contributed by atoms with Gasteiger partial charge in [0, 0.05) is 24.5 Å². The van der Waals surface area contributed by atoms with Crippen molar-refractivity contribution in [2.45, 2.75) is 26.3 Å². The van der Waals surface area contributed by atoms with Crippen molar-refractivity contribution in [1.82, 2.24) is 14.3 Å². The molecule has 4 rings (SSSR count). The maximum absolute atomic E-state index is 12.7. The van der Waals surface area contributed by atoms with Crippen LogP contribution in [-0.2, 0) is 6.54 Å². The monoisotopic (exact) mass is 339 g/mol. The van der Waals surface area contributed by atoms with E-state index in [0.29, 0.717) is 0 Å². The van der Waals surface area contributed by atoms with Crippen LogP contribution in [0.4, 0.5) is 0 Å². The third-order valence-corrected chi connectivity index (χ3v) is 5.48. The summed E-state index contributed by atoms with van der Waals surface area (Å²) in [7, 11) is 0. The molecule has 1 saturated heterocycles. The number of thiazole rings is 1. The number of likely N-dealkylation sites (tertiary alicyclic amines) is 1. The maximum Gasteiger partial charge on any atom is 0.259 e. The lowest BCUT2D eigenvalue weighted by Gasteiger charge is -2.30. The van der Waals surface area contributed by atoms with Crippen LogP contribution in [0.25, 0.3) is 16.2 Å². The molecule has 0 amide bonds. The quantitative estimate of drug-likeness (QED) is 0.731. The van der Waals surface area contributed by atoms with Crippen LogP contribution in [0, 0.1) is 5.92 Å². The minimum Gasteiger partial charge on any atom is -0.297 e. The number of rotatable bonds is 3. The molecule has 0 aliphatic carbocycles. The molecule has 1 atom stereocenters. The normalized spacial score (nSPS) is 19.0. The number of hydrogen-bond acceptors (Lipinski definition) is 4. The van der Waals surface area contributed by atoms with Gasteiger partial charge >= 0.3 is 0 Å². The van der Waals surface area contributed by atoms with Gasteiger partial charge in [0.1, 0.15) is 0 Å². The van der Waals surface area contributed by atoms with Crippen molar-refractivity contribution < 1.29 is 0 Å². The Labute approximate surface area is 145 Å². The maximum atomic E-state index is 12.7. The van der Waals surface area contributed by atoms with Crippen LogP contribution in [0.3, 0.4) is 0 Å². The van der Waals surface area contributed by atoms with Crippen LogP contribution >= 0.6 is 11.3 Å². The third kappa shape index (κ3) is 3.01. The van der Waals surface area contributed by atoms with Crippen LogP contribution < -0.4 is 5.56 Å². The van der Waals surface area contributed by atoms with Crippen molar-refractivity contribution in [3.63, 3.8) is 0 Å². The number of nitrogens with zero attached hydrogens (tertiary/aromatic N) is 3. The van der Waals surface area contributed by atoms with E-state index in [0.717, 1.165) is 47.5 Å². The Morgan fingerprint density at radius 3 is 2.92 bits per heavy atom. The van der Waals surface area contributed by atoms with E-state index in [1.807, 2.05) is 35.7 Å². The lowest BCUT2D eigenvalue weighted by molar-refractivity contribution is 0.175. The lowest BCUT2D eigenvalue weighted by atomic mass is 10.0. The molecular weight excluding hydrogens is 318 g/mol. The number of piperidine rings is 1. The molecular formula is C19H21N3OS. The second kappa shape index (κ2) is 6.49. The molecule has 1 unspecified atom stereocenters. The average molecular weight is 339 g/mol. The van der Waals surface area contributed by atoms with Crippen molar-refractivity contribution in [2.75, 3.05) is 13.1 Å². The summed E-state index contributed by atoms with van der Waals surface area (Å²) in [5.41, 5.74) is 2.87. The summed E-state index contributed by atoms with van der Waals surface area (Å²) in [6.07, 6.45) is 2.54. The van der Waals surface area contributed by atoms with E-state index < -0.39 is 0 Å². The molecule has 0 saturated carbocycles. The van der Waals surface area contributed by atoms with E-state index >= 15 is 0 Å². The summed E-state index contributed by atoms with van der Waals surface area (Å²) in [6, 6.07) is 11.7. The molecule has 124 valence electrons. The van der Waals surface area contributed by atoms with Crippen LogP contribution in [0.15, 0.2) is 46.6 Å². The average Bonchev–Trinajstić information content (AvgIpc) is 3.00. The van der Waals surface area contributed by atoms with E-state index in [-0.39, 0.29) is 5.56 Å². The predicted octanol–water partition coefficient (Wildman–Crippen LogP) is 3.65. The van der Waals surface area contributed by atoms with Gasteiger partial charge in [0.15, 0.2) is 4.96 Å². The van der Waals surface area contributed by atoms with E-state index in [2.05, 4.69) is 11.8 Å². The first-order valence-corrected chi connectivity index (χ1v) is 9.36. The van der Waals surface area contributed by atoms with Gasteiger partial charge in [-0.2, -0.15) is 0 Å². The van der Waals surface area contributed by atoms with Crippen LogP contribution in [-0.4, -0.2) is 27.4 Å². The summed E-state index contributed by atoms with van der Waals surface area (Å²) >= 11 is 1.53. The van der Waals surface area contributed by atoms with Crippen molar-refractivity contribution in [2.24, 2.45) is 5.92 Å². The fourth-order valence-electron chi connectivity index (χ4n) is 3.51. The molecule has 1 aliphatic rings. The van der Waals surface area contributed by atoms with Gasteiger partial charge in [-0.15, -0.1) is 11.3 Å². The first kappa shape index (κ1) is 15.5. The van der Waals surface area contributed by atoms with E-state index in [1.165, 1.54) is 24.2 Å². The minimum atomic E-state index is 0.0140. The molecule has 0 radical (unpaired) electrons. The number of benzene rings is 1. The standard InChI is InChI=1S/C19H21N3OS/c1-14-6-5-9-21(11-14)12-16-10-18(23)22-17(13-24-19(22)20-16)15-7-3-2-4-8-15/h2-4,7-8,10,13-14H,5-6,9,11-12H2,1H3. The lowest BCUT2D eigenvalue weighted by Crippen LogP contribution is -2.34. The molecule has 3 aromatic rings. The Hall–Kier alpha value is -1.98. The van der Waals surface area contributed by atoms with Gasteiger partial charge in [0.25, 0.3) is 5.56 Å². The first-order valence-electron chi connectivity index (χ1n) is 8.48. The zero-order chi connectivity index (χ0) is 16.5. The molecule has 24 heavy (non-hydrogen) atoms. The van der Waals surface area contributed by atoms with Crippen molar-refractivity contribution in [3.05, 3.63) is 57.8 Å². The van der Waals surface area contributed by atoms with Crippen LogP contribution in [0.1, 0.15) is 25.5 Å². The summed E-state index contributed by atoms with van der Waals surface area (Å²) in [5.74, 6) is 0.731. The molecule has 0 N–H and O–H groups in total. The summed E-state index contributed by atoms with van der Waals surface area (Å²) in [4.78, 5) is 20.6. The zero-order valence-corrected chi connectivity index (χ0v) is 14.6. The molecule has 5 heteroatoms. The fourth-order valence-corrected chi connectivity index (χ4v) is 4.44. The summed E-state index contributed by atoms with van der Waals surface area (Å²) in [5, 5.41) is 2.02. The van der Waals surface area contributed by atoms with Crippen molar-refractivity contribution in [1.29, 1.82) is 0 Å². The van der Waals surface area contributed by atoms with E-state index in [4.69, 9.17) is 4.98 Å². The van der Waals surface area contributed by atoms with Gasteiger partial charge in [0.2, 0.25) is 0 Å². The van der Waals surface area contributed by atoms with Crippen molar-refractivity contribution >= 4 is 16.3 Å². The Morgan fingerprint density at radius 1 is 1.29 bits per heavy atom. The van der Waals surface area contributed by atoms with E-state index in [9.17, 15) is 4.79 Å². The van der Waals surface area contributed by atoms with Gasteiger partial charge in [-0.05, 0) is 30.9 Å². The molecule has 3 heterocycles. The Kier molecular flexibility index (Phi) is 4.21. The van der Waals surface area contributed by atoms with Gasteiger partial charge < -0.3 is 0 Å². The second-order valence-corrected chi connectivity index (χ2v) is 7.51. The van der Waals surface area contributed by atoms with Gasteiger partial charge in [0.05, 0.1) is 11.4 Å². The Balaban J connectivity index is 1.68. The predicted molar refractivity (Wildman–Crippen MR) is 98.5 cm³/mol. The minimum absolute atomic E-state index is 0.0140. The number of aromatic nitrogens is 2. The molecule has 1 fully saturated rings. The highest BCUT2D eigenvalue weighted by molar-refractivity contribution is 7.15. The smallest absolute Gasteiger partial charge is 0.259 e. The molecule has 1 aliphatic heterocycles. The largest absolute Gasteiger partial charge is 0.297 e. The number of hydrogen-bond donors (Lipinski definition) is 0. The highest BCUT2D eigenvalue weighted by Crippen LogP contribution is 2.24. The Bertz CT molecular complexity index is 900. The highest BCUT2D eigenvalue weighted by Gasteiger charge is 2.18. The summed E-state index contributed by atoms with van der Waals surface area (Å²) < 4.78 is 1.72.